The third-order valence-corrected chi connectivity index (χ3v) is 5.05. The summed E-state index contributed by atoms with van der Waals surface area (Å²) in [7, 11) is 1.83. The van der Waals surface area contributed by atoms with Crippen LogP contribution in [0.15, 0.2) is 80.9 Å². The number of hydrogen-bond donors (Lipinski definition) is 0. The first-order valence-electron chi connectivity index (χ1n) is 9.55. The summed E-state index contributed by atoms with van der Waals surface area (Å²) in [6, 6.07) is 20.3. The molecule has 0 N–H and O–H groups in total. The number of carbonyl (C=O) groups is 1. The number of aliphatic imine (C=N–C) groups is 1. The maximum absolute atomic E-state index is 12.9. The maximum Gasteiger partial charge on any atom is 0.297 e. The molecule has 0 aliphatic heterocycles. The zero-order valence-corrected chi connectivity index (χ0v) is 17.0. The predicted molar refractivity (Wildman–Crippen MR) is 117 cm³/mol. The van der Waals surface area contributed by atoms with Gasteiger partial charge in [-0.05, 0) is 38.1 Å². The highest BCUT2D eigenvalue weighted by Gasteiger charge is 2.15. The Bertz CT molecular complexity index is 1290. The molecule has 0 saturated carbocycles. The van der Waals surface area contributed by atoms with Gasteiger partial charge in [-0.15, -0.1) is 0 Å². The van der Waals surface area contributed by atoms with Gasteiger partial charge >= 0.3 is 0 Å². The van der Waals surface area contributed by atoms with Gasteiger partial charge in [-0.2, -0.15) is 0 Å². The van der Waals surface area contributed by atoms with E-state index in [2.05, 4.69) is 4.99 Å². The van der Waals surface area contributed by atoms with Crippen LogP contribution < -0.4 is 5.56 Å². The second kappa shape index (κ2) is 7.83. The number of aromatic nitrogens is 2. The number of carbonyl (C=O) groups excluding carboxylic acids is 1. The van der Waals surface area contributed by atoms with Gasteiger partial charge in [-0.25, -0.2) is 9.67 Å². The first kappa shape index (κ1) is 19.4. The summed E-state index contributed by atoms with van der Waals surface area (Å²) in [5, 5.41) is 0. The molecule has 0 saturated heterocycles. The number of furan rings is 1. The van der Waals surface area contributed by atoms with Crippen molar-refractivity contribution in [1.82, 2.24) is 9.36 Å². The lowest BCUT2D eigenvalue weighted by Crippen LogP contribution is -2.19. The number of para-hydroxylation sites is 1. The molecule has 0 unspecified atom stereocenters. The second-order valence-electron chi connectivity index (χ2n) is 7.00. The Morgan fingerprint density at radius 3 is 2.37 bits per heavy atom. The summed E-state index contributed by atoms with van der Waals surface area (Å²) in [6.45, 7) is 3.39. The van der Waals surface area contributed by atoms with Crippen molar-refractivity contribution >= 4 is 17.7 Å². The van der Waals surface area contributed by atoms with Crippen LogP contribution in [0, 0.1) is 6.92 Å². The first-order chi connectivity index (χ1) is 14.5. The quantitative estimate of drug-likeness (QED) is 0.361. The lowest BCUT2D eigenvalue weighted by atomic mass is 10.1. The highest BCUT2D eigenvalue weighted by Crippen LogP contribution is 2.23. The van der Waals surface area contributed by atoms with Crippen molar-refractivity contribution in [3.05, 3.63) is 94.1 Å². The summed E-state index contributed by atoms with van der Waals surface area (Å²) in [5.74, 6) is 1.22. The van der Waals surface area contributed by atoms with E-state index in [0.29, 0.717) is 22.8 Å². The largest absolute Gasteiger partial charge is 0.455 e. The Labute approximate surface area is 173 Å². The van der Waals surface area contributed by atoms with Crippen LogP contribution in [-0.2, 0) is 7.05 Å². The second-order valence-corrected chi connectivity index (χ2v) is 7.00. The number of ketones is 1. The minimum absolute atomic E-state index is 0.0215. The van der Waals surface area contributed by atoms with E-state index in [1.54, 1.807) is 33.8 Å². The third kappa shape index (κ3) is 3.55. The van der Waals surface area contributed by atoms with Crippen LogP contribution in [0.25, 0.3) is 17.0 Å². The minimum Gasteiger partial charge on any atom is -0.455 e. The van der Waals surface area contributed by atoms with Gasteiger partial charge in [0.25, 0.3) is 5.56 Å². The van der Waals surface area contributed by atoms with Crippen LogP contribution in [0.2, 0.25) is 0 Å². The average molecular weight is 399 g/mol. The van der Waals surface area contributed by atoms with E-state index in [1.165, 1.54) is 6.92 Å². The van der Waals surface area contributed by atoms with Gasteiger partial charge in [0, 0.05) is 18.2 Å². The molecule has 2 heterocycles. The molecule has 30 heavy (non-hydrogen) atoms. The molecule has 6 nitrogen and oxygen atoms in total. The van der Waals surface area contributed by atoms with E-state index in [1.807, 2.05) is 62.5 Å². The molecular formula is C24H21N3O3. The Balaban J connectivity index is 1.63. The molecule has 4 rings (SSSR count). The molecule has 0 fully saturated rings. The highest BCUT2D eigenvalue weighted by molar-refractivity contribution is 5.94. The normalized spacial score (nSPS) is 11.3. The molecule has 2 aromatic heterocycles. The van der Waals surface area contributed by atoms with Crippen molar-refractivity contribution in [2.45, 2.75) is 13.8 Å². The molecule has 0 amide bonds. The van der Waals surface area contributed by atoms with Crippen LogP contribution in [0.4, 0.5) is 5.69 Å². The topological polar surface area (TPSA) is 69.5 Å². The fourth-order valence-electron chi connectivity index (χ4n) is 3.28. The lowest BCUT2D eigenvalue weighted by Gasteiger charge is -2.07. The number of rotatable bonds is 5. The lowest BCUT2D eigenvalue weighted by molar-refractivity contribution is 0.101. The standard InChI is InChI=1S/C24H21N3O3/c1-16-23(24(29)27(26(16)3)20-7-5-4-6-8-20)25-15-21-13-14-22(30-21)19-11-9-18(10-12-19)17(2)28/h4-15H,1-3H3. The van der Waals surface area contributed by atoms with Crippen LogP contribution >= 0.6 is 0 Å². The van der Waals surface area contributed by atoms with Crippen molar-refractivity contribution in [2.24, 2.45) is 12.0 Å². The molecule has 0 atom stereocenters. The van der Waals surface area contributed by atoms with Gasteiger partial charge in [0.2, 0.25) is 0 Å². The van der Waals surface area contributed by atoms with E-state index in [0.717, 1.165) is 16.9 Å². The third-order valence-electron chi connectivity index (χ3n) is 5.05. The van der Waals surface area contributed by atoms with Gasteiger partial charge in [-0.3, -0.25) is 14.3 Å². The molecule has 0 spiro atoms. The molecule has 0 aliphatic carbocycles. The van der Waals surface area contributed by atoms with Crippen molar-refractivity contribution in [3.8, 4) is 17.0 Å². The van der Waals surface area contributed by atoms with Crippen molar-refractivity contribution in [2.75, 3.05) is 0 Å². The number of Topliss-reactive ketones (excluding diaryl/α,β-unsaturated/α-hetero) is 1. The van der Waals surface area contributed by atoms with Gasteiger partial charge < -0.3 is 4.42 Å². The van der Waals surface area contributed by atoms with Gasteiger partial charge in [0.05, 0.1) is 17.6 Å². The smallest absolute Gasteiger partial charge is 0.297 e. The molecule has 150 valence electrons. The molecular weight excluding hydrogens is 378 g/mol. The Hall–Kier alpha value is -3.93. The zero-order valence-electron chi connectivity index (χ0n) is 17.0. The summed E-state index contributed by atoms with van der Waals surface area (Å²) in [4.78, 5) is 28.7. The number of hydrogen-bond acceptors (Lipinski definition) is 4. The SMILES string of the molecule is CC(=O)c1ccc(-c2ccc(C=Nc3c(C)n(C)n(-c4ccccc4)c3=O)o2)cc1. The van der Waals surface area contributed by atoms with E-state index in [4.69, 9.17) is 4.42 Å². The van der Waals surface area contributed by atoms with Crippen LogP contribution in [-0.4, -0.2) is 21.4 Å². The molecule has 0 radical (unpaired) electrons. The summed E-state index contributed by atoms with van der Waals surface area (Å²) >= 11 is 0. The molecule has 4 aromatic rings. The fourth-order valence-corrected chi connectivity index (χ4v) is 3.28. The van der Waals surface area contributed by atoms with Gasteiger partial charge in [0.15, 0.2) is 11.5 Å². The maximum atomic E-state index is 12.9. The summed E-state index contributed by atoms with van der Waals surface area (Å²) < 4.78 is 9.22. The van der Waals surface area contributed by atoms with E-state index in [9.17, 15) is 9.59 Å². The molecule has 0 aliphatic rings. The van der Waals surface area contributed by atoms with Crippen LogP contribution in [0.1, 0.15) is 28.7 Å². The van der Waals surface area contributed by atoms with Crippen LogP contribution in [0.3, 0.4) is 0 Å². The van der Waals surface area contributed by atoms with Gasteiger partial charge in [0.1, 0.15) is 11.5 Å². The first-order valence-corrected chi connectivity index (χ1v) is 9.55. The Morgan fingerprint density at radius 1 is 1.00 bits per heavy atom. The highest BCUT2D eigenvalue weighted by atomic mass is 16.3. The molecule has 6 heteroatoms. The Morgan fingerprint density at radius 2 is 1.70 bits per heavy atom. The van der Waals surface area contributed by atoms with E-state index < -0.39 is 0 Å². The van der Waals surface area contributed by atoms with Crippen molar-refractivity contribution in [1.29, 1.82) is 0 Å². The van der Waals surface area contributed by atoms with Gasteiger partial charge in [-0.1, -0.05) is 42.5 Å². The monoisotopic (exact) mass is 399 g/mol. The predicted octanol–water partition coefficient (Wildman–Crippen LogP) is 4.70. The van der Waals surface area contributed by atoms with Crippen molar-refractivity contribution < 1.29 is 9.21 Å². The summed E-state index contributed by atoms with van der Waals surface area (Å²) in [6.07, 6.45) is 1.55. The minimum atomic E-state index is -0.191. The zero-order chi connectivity index (χ0) is 21.3. The van der Waals surface area contributed by atoms with E-state index in [-0.39, 0.29) is 11.3 Å². The summed E-state index contributed by atoms with van der Waals surface area (Å²) in [5.41, 5.74) is 3.23. The van der Waals surface area contributed by atoms with E-state index >= 15 is 0 Å². The molecule has 0 bridgehead atoms. The average Bonchev–Trinajstić information content (AvgIpc) is 3.31. The molecule has 2 aromatic carbocycles. The number of benzene rings is 2. The van der Waals surface area contributed by atoms with Crippen molar-refractivity contribution in [3.63, 3.8) is 0 Å². The fraction of sp³-hybridized carbons (Fsp3) is 0.125. The number of nitrogens with zero attached hydrogens (tertiary/aromatic N) is 3. The van der Waals surface area contributed by atoms with Crippen LogP contribution in [0.5, 0.6) is 0 Å². The Kier molecular flexibility index (Phi) is 5.06.